The van der Waals surface area contributed by atoms with Gasteiger partial charge in [0.2, 0.25) is 0 Å². The molecule has 0 radical (unpaired) electrons. The van der Waals surface area contributed by atoms with Crippen molar-refractivity contribution >= 4 is 35.0 Å². The first-order chi connectivity index (χ1) is 17.5. The Morgan fingerprint density at radius 3 is 2.69 bits per heavy atom. The van der Waals surface area contributed by atoms with Crippen LogP contribution < -0.4 is 9.46 Å². The second kappa shape index (κ2) is 8.98. The van der Waals surface area contributed by atoms with Crippen LogP contribution in [0.1, 0.15) is 85.7 Å². The molecule has 0 bridgehead atoms. The Morgan fingerprint density at radius 2 is 1.97 bits per heavy atom. The summed E-state index contributed by atoms with van der Waals surface area (Å²) in [6.45, 7) is 4.78. The first kappa shape index (κ1) is 23.7. The standard InChI is InChI=1S/C30H34N2O3S/c1-18(2)36-31-29(34)20-9-11-23-26(13-20)32-16-30(17-33)15-25(30)24-14-21(35-3)10-12-22(24)28(32)27(23)19-7-5-4-6-8-19/h9-14,17-19,25H,4-8,15-16H2,1-3H3,(H,31,34). The minimum atomic E-state index is -0.395. The summed E-state index contributed by atoms with van der Waals surface area (Å²) in [5.74, 6) is 1.47. The molecule has 1 N–H and O–H groups in total. The highest BCUT2D eigenvalue weighted by Gasteiger charge is 2.58. The number of aromatic nitrogens is 1. The topological polar surface area (TPSA) is 60.3 Å². The van der Waals surface area contributed by atoms with Gasteiger partial charge in [0.25, 0.3) is 5.91 Å². The summed E-state index contributed by atoms with van der Waals surface area (Å²) in [6, 6.07) is 12.5. The molecule has 2 unspecified atom stereocenters. The van der Waals surface area contributed by atoms with Crippen molar-refractivity contribution in [3.8, 4) is 17.0 Å². The van der Waals surface area contributed by atoms with Crippen molar-refractivity contribution in [3.05, 3.63) is 53.1 Å². The van der Waals surface area contributed by atoms with Crippen LogP contribution in [0.4, 0.5) is 0 Å². The SMILES string of the molecule is COc1ccc2c(c1)C1CC1(C=O)Cn1c-2c(C2CCCCC2)c2ccc(C(=O)NSC(C)C)cc21. The van der Waals surface area contributed by atoms with Crippen LogP contribution in [-0.4, -0.2) is 29.1 Å². The average Bonchev–Trinajstić information content (AvgIpc) is 3.56. The van der Waals surface area contributed by atoms with Gasteiger partial charge in [-0.25, -0.2) is 0 Å². The monoisotopic (exact) mass is 502 g/mol. The van der Waals surface area contributed by atoms with E-state index in [1.54, 1.807) is 7.11 Å². The van der Waals surface area contributed by atoms with Crippen molar-refractivity contribution in [2.45, 2.75) is 76.0 Å². The van der Waals surface area contributed by atoms with E-state index in [4.69, 9.17) is 4.74 Å². The maximum Gasteiger partial charge on any atom is 0.261 e. The van der Waals surface area contributed by atoms with E-state index in [-0.39, 0.29) is 11.8 Å². The van der Waals surface area contributed by atoms with Gasteiger partial charge < -0.3 is 14.1 Å². The molecule has 6 rings (SSSR count). The molecule has 2 atom stereocenters. The van der Waals surface area contributed by atoms with Gasteiger partial charge in [-0.05, 0) is 84.5 Å². The molecule has 6 heteroatoms. The third-order valence-corrected chi connectivity index (χ3v) is 9.24. The van der Waals surface area contributed by atoms with E-state index >= 15 is 0 Å². The summed E-state index contributed by atoms with van der Waals surface area (Å²) < 4.78 is 10.9. The van der Waals surface area contributed by atoms with Crippen molar-refractivity contribution in [2.24, 2.45) is 5.41 Å². The van der Waals surface area contributed by atoms with Crippen molar-refractivity contribution in [3.63, 3.8) is 0 Å². The first-order valence-corrected chi connectivity index (χ1v) is 14.1. The summed E-state index contributed by atoms with van der Waals surface area (Å²) >= 11 is 1.44. The van der Waals surface area contributed by atoms with Gasteiger partial charge in [-0.3, -0.25) is 9.52 Å². The molecule has 1 aromatic heterocycles. The fraction of sp³-hybridized carbons (Fsp3) is 0.467. The van der Waals surface area contributed by atoms with Crippen molar-refractivity contribution < 1.29 is 14.3 Å². The van der Waals surface area contributed by atoms with E-state index in [0.29, 0.717) is 23.3 Å². The third-order valence-electron chi connectivity index (χ3n) is 8.46. The summed E-state index contributed by atoms with van der Waals surface area (Å²) in [5, 5.41) is 1.54. The molecular weight excluding hydrogens is 468 g/mol. The van der Waals surface area contributed by atoms with Crippen LogP contribution in [0.25, 0.3) is 22.2 Å². The lowest BCUT2D eigenvalue weighted by Gasteiger charge is -2.24. The predicted molar refractivity (Wildman–Crippen MR) is 146 cm³/mol. The van der Waals surface area contributed by atoms with Gasteiger partial charge in [0.15, 0.2) is 0 Å². The van der Waals surface area contributed by atoms with E-state index in [9.17, 15) is 9.59 Å². The second-order valence-corrected chi connectivity index (χ2v) is 12.5. The minimum Gasteiger partial charge on any atom is -0.497 e. The van der Waals surface area contributed by atoms with Crippen molar-refractivity contribution in [1.82, 2.24) is 9.29 Å². The number of rotatable bonds is 6. The van der Waals surface area contributed by atoms with Crippen molar-refractivity contribution in [1.29, 1.82) is 0 Å². The molecule has 2 saturated carbocycles. The van der Waals surface area contributed by atoms with Gasteiger partial charge in [0, 0.05) is 33.8 Å². The number of hydrogen-bond acceptors (Lipinski definition) is 4. The van der Waals surface area contributed by atoms with E-state index in [2.05, 4.69) is 41.3 Å². The summed E-state index contributed by atoms with van der Waals surface area (Å²) in [6.07, 6.45) is 8.21. The maximum absolute atomic E-state index is 13.0. The molecule has 2 fully saturated rings. The van der Waals surface area contributed by atoms with Crippen LogP contribution in [0, 0.1) is 5.41 Å². The van der Waals surface area contributed by atoms with Gasteiger partial charge >= 0.3 is 0 Å². The van der Waals surface area contributed by atoms with Crippen LogP contribution in [-0.2, 0) is 11.3 Å². The van der Waals surface area contributed by atoms with Gasteiger partial charge in [0.05, 0.1) is 18.2 Å². The number of nitrogens with one attached hydrogen (secondary N) is 1. The van der Waals surface area contributed by atoms with Crippen LogP contribution in [0.15, 0.2) is 36.4 Å². The van der Waals surface area contributed by atoms with Gasteiger partial charge in [-0.2, -0.15) is 0 Å². The van der Waals surface area contributed by atoms with E-state index in [1.165, 1.54) is 78.1 Å². The Kier molecular flexibility index (Phi) is 5.90. The molecular formula is C30H34N2O3S. The number of ether oxygens (including phenoxy) is 1. The van der Waals surface area contributed by atoms with E-state index < -0.39 is 5.41 Å². The lowest BCUT2D eigenvalue weighted by atomic mass is 9.81. The van der Waals surface area contributed by atoms with Gasteiger partial charge in [0.1, 0.15) is 12.0 Å². The number of nitrogens with zero attached hydrogens (tertiary/aromatic N) is 1. The largest absolute Gasteiger partial charge is 0.497 e. The Hall–Kier alpha value is -2.73. The Labute approximate surface area is 217 Å². The molecule has 1 amide bonds. The molecule has 0 saturated heterocycles. The van der Waals surface area contributed by atoms with Crippen LogP contribution in [0.2, 0.25) is 0 Å². The molecule has 188 valence electrons. The fourth-order valence-corrected chi connectivity index (χ4v) is 7.02. The molecule has 3 aromatic rings. The number of carbonyl (C=O) groups excluding carboxylic acids is 2. The lowest BCUT2D eigenvalue weighted by molar-refractivity contribution is -0.112. The minimum absolute atomic E-state index is 0.0708. The molecule has 2 heterocycles. The third kappa shape index (κ3) is 3.76. The molecule has 0 spiro atoms. The molecule has 3 aliphatic rings. The highest BCUT2D eigenvalue weighted by Crippen LogP contribution is 2.64. The number of carbonyl (C=O) groups is 2. The molecule has 1 aliphatic heterocycles. The van der Waals surface area contributed by atoms with Crippen LogP contribution in [0.5, 0.6) is 5.75 Å². The van der Waals surface area contributed by atoms with Crippen molar-refractivity contribution in [2.75, 3.05) is 7.11 Å². The number of fused-ring (bicyclic) bond motifs is 7. The number of amides is 1. The van der Waals surface area contributed by atoms with Crippen LogP contribution in [0.3, 0.4) is 0 Å². The fourth-order valence-electron chi connectivity index (χ4n) is 6.56. The normalized spacial score (nSPS) is 22.9. The van der Waals surface area contributed by atoms with E-state index in [0.717, 1.165) is 17.7 Å². The zero-order chi connectivity index (χ0) is 25.0. The Morgan fingerprint density at radius 1 is 1.17 bits per heavy atom. The summed E-state index contributed by atoms with van der Waals surface area (Å²) in [5.41, 5.74) is 6.44. The highest BCUT2D eigenvalue weighted by molar-refractivity contribution is 7.98. The number of hydrogen-bond donors (Lipinski definition) is 1. The summed E-state index contributed by atoms with van der Waals surface area (Å²) in [4.78, 5) is 25.5. The van der Waals surface area contributed by atoms with Gasteiger partial charge in [-0.1, -0.05) is 39.2 Å². The van der Waals surface area contributed by atoms with Crippen LogP contribution >= 0.6 is 11.9 Å². The smallest absolute Gasteiger partial charge is 0.261 e. The van der Waals surface area contributed by atoms with Gasteiger partial charge in [-0.15, -0.1) is 0 Å². The molecule has 5 nitrogen and oxygen atoms in total. The number of methoxy groups -OCH3 is 1. The first-order valence-electron chi connectivity index (χ1n) is 13.2. The molecule has 2 aliphatic carbocycles. The highest BCUT2D eigenvalue weighted by atomic mass is 32.2. The zero-order valence-electron chi connectivity index (χ0n) is 21.3. The second-order valence-electron chi connectivity index (χ2n) is 11.1. The summed E-state index contributed by atoms with van der Waals surface area (Å²) in [7, 11) is 1.70. The Bertz CT molecular complexity index is 1350. The molecule has 36 heavy (non-hydrogen) atoms. The molecule has 2 aromatic carbocycles. The number of aldehydes is 1. The zero-order valence-corrected chi connectivity index (χ0v) is 22.1. The predicted octanol–water partition coefficient (Wildman–Crippen LogP) is 6.84. The average molecular weight is 503 g/mol. The van der Waals surface area contributed by atoms with E-state index in [1.807, 2.05) is 18.2 Å². The lowest BCUT2D eigenvalue weighted by Crippen LogP contribution is -2.18. The number of benzene rings is 2. The Balaban J connectivity index is 1.59. The maximum atomic E-state index is 13.0. The quantitative estimate of drug-likeness (QED) is 0.296.